The molecule has 2 atom stereocenters. The summed E-state index contributed by atoms with van der Waals surface area (Å²) in [4.78, 5) is 16.5. The summed E-state index contributed by atoms with van der Waals surface area (Å²) in [6.07, 6.45) is 1.81. The van der Waals surface area contributed by atoms with E-state index in [9.17, 15) is 4.79 Å². The second-order valence-electron chi connectivity index (χ2n) is 5.69. The molecule has 2 aromatic rings. The van der Waals surface area contributed by atoms with Gasteiger partial charge in [0.05, 0.1) is 12.6 Å². The number of hydrogen-bond acceptors (Lipinski definition) is 6. The SMILES string of the molecule is Cc1nc2n(n1)C[C@@H](N[C@H](C)C(=O)Nc1cc(C)on1)CC2. The number of nitrogens with one attached hydrogen (secondary N) is 2. The highest BCUT2D eigenvalue weighted by Gasteiger charge is 2.24. The Morgan fingerprint density at radius 1 is 1.50 bits per heavy atom. The summed E-state index contributed by atoms with van der Waals surface area (Å²) in [5.41, 5.74) is 0. The summed E-state index contributed by atoms with van der Waals surface area (Å²) in [5, 5.41) is 14.2. The van der Waals surface area contributed by atoms with Crippen LogP contribution in [0.2, 0.25) is 0 Å². The number of aryl methyl sites for hydroxylation is 3. The highest BCUT2D eigenvalue weighted by atomic mass is 16.5. The molecule has 0 saturated carbocycles. The number of carbonyl (C=O) groups is 1. The van der Waals surface area contributed by atoms with Gasteiger partial charge in [-0.05, 0) is 27.2 Å². The zero-order valence-electron chi connectivity index (χ0n) is 13.0. The third-order valence-electron chi connectivity index (χ3n) is 3.72. The van der Waals surface area contributed by atoms with Gasteiger partial charge in [-0.3, -0.25) is 4.79 Å². The van der Waals surface area contributed by atoms with Crippen LogP contribution in [0.5, 0.6) is 0 Å². The fraction of sp³-hybridized carbons (Fsp3) is 0.571. The quantitative estimate of drug-likeness (QED) is 0.867. The van der Waals surface area contributed by atoms with Crippen LogP contribution in [0.4, 0.5) is 5.82 Å². The Morgan fingerprint density at radius 2 is 2.32 bits per heavy atom. The Kier molecular flexibility index (Phi) is 3.93. The first kappa shape index (κ1) is 14.7. The first-order valence-electron chi connectivity index (χ1n) is 7.42. The lowest BCUT2D eigenvalue weighted by Crippen LogP contribution is -2.47. The van der Waals surface area contributed by atoms with Crippen LogP contribution in [0.3, 0.4) is 0 Å². The van der Waals surface area contributed by atoms with Crippen LogP contribution in [0.1, 0.15) is 30.8 Å². The van der Waals surface area contributed by atoms with Crippen molar-refractivity contribution >= 4 is 11.7 Å². The second-order valence-corrected chi connectivity index (χ2v) is 5.69. The summed E-state index contributed by atoms with van der Waals surface area (Å²) in [7, 11) is 0. The van der Waals surface area contributed by atoms with Gasteiger partial charge in [-0.2, -0.15) is 5.10 Å². The normalized spacial score (nSPS) is 18.8. The molecular formula is C14H20N6O2. The fourth-order valence-corrected chi connectivity index (χ4v) is 2.66. The molecule has 0 spiro atoms. The molecule has 0 unspecified atom stereocenters. The minimum atomic E-state index is -0.326. The van der Waals surface area contributed by atoms with Crippen molar-refractivity contribution in [2.45, 2.75) is 52.2 Å². The van der Waals surface area contributed by atoms with E-state index in [1.54, 1.807) is 13.0 Å². The van der Waals surface area contributed by atoms with Crippen molar-refractivity contribution in [3.8, 4) is 0 Å². The molecule has 1 aliphatic heterocycles. The van der Waals surface area contributed by atoms with Crippen LogP contribution in [-0.2, 0) is 17.8 Å². The topological polar surface area (TPSA) is 97.9 Å². The van der Waals surface area contributed by atoms with Crippen LogP contribution in [0.15, 0.2) is 10.6 Å². The number of amides is 1. The fourth-order valence-electron chi connectivity index (χ4n) is 2.66. The van der Waals surface area contributed by atoms with Gasteiger partial charge in [0, 0.05) is 18.5 Å². The van der Waals surface area contributed by atoms with Crippen molar-refractivity contribution in [2.24, 2.45) is 0 Å². The molecule has 2 aromatic heterocycles. The molecule has 8 heteroatoms. The van der Waals surface area contributed by atoms with Crippen molar-refractivity contribution in [3.05, 3.63) is 23.5 Å². The van der Waals surface area contributed by atoms with Crippen molar-refractivity contribution in [1.29, 1.82) is 0 Å². The molecule has 118 valence electrons. The number of aromatic nitrogens is 4. The maximum Gasteiger partial charge on any atom is 0.242 e. The zero-order chi connectivity index (χ0) is 15.7. The number of hydrogen-bond donors (Lipinski definition) is 2. The molecule has 3 heterocycles. The summed E-state index contributed by atoms with van der Waals surface area (Å²) in [6.45, 7) is 6.25. The second kappa shape index (κ2) is 5.88. The molecule has 22 heavy (non-hydrogen) atoms. The van der Waals surface area contributed by atoms with E-state index in [0.717, 1.165) is 31.0 Å². The summed E-state index contributed by atoms with van der Waals surface area (Å²) >= 11 is 0. The molecule has 0 radical (unpaired) electrons. The zero-order valence-corrected chi connectivity index (χ0v) is 13.0. The predicted octanol–water partition coefficient (Wildman–Crippen LogP) is 0.815. The third-order valence-corrected chi connectivity index (χ3v) is 3.72. The minimum Gasteiger partial charge on any atom is -0.360 e. The highest BCUT2D eigenvalue weighted by Crippen LogP contribution is 2.14. The van der Waals surface area contributed by atoms with Gasteiger partial charge < -0.3 is 15.2 Å². The van der Waals surface area contributed by atoms with E-state index in [4.69, 9.17) is 4.52 Å². The number of fused-ring (bicyclic) bond motifs is 1. The van der Waals surface area contributed by atoms with Crippen molar-refractivity contribution < 1.29 is 9.32 Å². The van der Waals surface area contributed by atoms with Crippen LogP contribution < -0.4 is 10.6 Å². The van der Waals surface area contributed by atoms with Crippen LogP contribution in [-0.4, -0.2) is 37.9 Å². The maximum absolute atomic E-state index is 12.2. The molecule has 0 aromatic carbocycles. The molecule has 1 amide bonds. The van der Waals surface area contributed by atoms with E-state index in [1.165, 1.54) is 0 Å². The summed E-state index contributed by atoms with van der Waals surface area (Å²) in [5.74, 6) is 2.79. The van der Waals surface area contributed by atoms with E-state index in [2.05, 4.69) is 25.9 Å². The van der Waals surface area contributed by atoms with Gasteiger partial charge in [0.15, 0.2) is 5.82 Å². The Labute approximate surface area is 128 Å². The lowest BCUT2D eigenvalue weighted by Gasteiger charge is -2.26. The molecule has 0 bridgehead atoms. The Bertz CT molecular complexity index is 677. The average Bonchev–Trinajstić information content (AvgIpc) is 3.03. The van der Waals surface area contributed by atoms with Crippen molar-refractivity contribution in [2.75, 3.05) is 5.32 Å². The molecule has 2 N–H and O–H groups in total. The van der Waals surface area contributed by atoms with Crippen LogP contribution >= 0.6 is 0 Å². The first-order valence-corrected chi connectivity index (χ1v) is 7.42. The average molecular weight is 304 g/mol. The molecule has 0 fully saturated rings. The van der Waals surface area contributed by atoms with Gasteiger partial charge in [0.25, 0.3) is 0 Å². The van der Waals surface area contributed by atoms with Gasteiger partial charge in [0.1, 0.15) is 17.4 Å². The molecule has 3 rings (SSSR count). The minimum absolute atomic E-state index is 0.131. The maximum atomic E-state index is 12.2. The van der Waals surface area contributed by atoms with E-state index < -0.39 is 0 Å². The Morgan fingerprint density at radius 3 is 3.05 bits per heavy atom. The summed E-state index contributed by atoms with van der Waals surface area (Å²) in [6, 6.07) is 1.57. The van der Waals surface area contributed by atoms with E-state index >= 15 is 0 Å². The predicted molar refractivity (Wildman–Crippen MR) is 79.3 cm³/mol. The standard InChI is InChI=1S/C14H20N6O2/c1-8-6-12(19-22-8)17-14(21)9(2)15-11-4-5-13-16-10(3)18-20(13)7-11/h6,9,11,15H,4-5,7H2,1-3H3,(H,17,19,21)/t9-,11+/m1/s1. The number of anilines is 1. The van der Waals surface area contributed by atoms with Gasteiger partial charge in [-0.15, -0.1) is 0 Å². The van der Waals surface area contributed by atoms with Crippen LogP contribution in [0, 0.1) is 13.8 Å². The molecular weight excluding hydrogens is 284 g/mol. The summed E-state index contributed by atoms with van der Waals surface area (Å²) < 4.78 is 6.85. The smallest absolute Gasteiger partial charge is 0.242 e. The van der Waals surface area contributed by atoms with Gasteiger partial charge in [-0.1, -0.05) is 5.16 Å². The Hall–Kier alpha value is -2.22. The molecule has 8 nitrogen and oxygen atoms in total. The molecule has 1 aliphatic rings. The van der Waals surface area contributed by atoms with Gasteiger partial charge in [0.2, 0.25) is 5.91 Å². The molecule has 0 saturated heterocycles. The van der Waals surface area contributed by atoms with Crippen molar-refractivity contribution in [3.63, 3.8) is 0 Å². The lowest BCUT2D eigenvalue weighted by atomic mass is 10.1. The van der Waals surface area contributed by atoms with E-state index in [-0.39, 0.29) is 18.0 Å². The number of rotatable bonds is 4. The molecule has 0 aliphatic carbocycles. The first-order chi connectivity index (χ1) is 10.5. The van der Waals surface area contributed by atoms with Gasteiger partial charge in [-0.25, -0.2) is 9.67 Å². The van der Waals surface area contributed by atoms with E-state index in [0.29, 0.717) is 11.6 Å². The van der Waals surface area contributed by atoms with E-state index in [1.807, 2.05) is 18.5 Å². The van der Waals surface area contributed by atoms with Gasteiger partial charge >= 0.3 is 0 Å². The largest absolute Gasteiger partial charge is 0.360 e. The number of nitrogens with zero attached hydrogens (tertiary/aromatic N) is 4. The third kappa shape index (κ3) is 3.16. The van der Waals surface area contributed by atoms with Crippen LogP contribution in [0.25, 0.3) is 0 Å². The Balaban J connectivity index is 1.55. The monoisotopic (exact) mass is 304 g/mol. The lowest BCUT2D eigenvalue weighted by molar-refractivity contribution is -0.118. The number of carbonyl (C=O) groups excluding carboxylic acids is 1. The van der Waals surface area contributed by atoms with Crippen molar-refractivity contribution in [1.82, 2.24) is 25.2 Å². The highest BCUT2D eigenvalue weighted by molar-refractivity contribution is 5.93.